The Kier molecular flexibility index (Phi) is 3.11. The van der Waals surface area contributed by atoms with Crippen molar-refractivity contribution in [2.75, 3.05) is 17.3 Å². The van der Waals surface area contributed by atoms with Gasteiger partial charge in [-0.15, -0.1) is 0 Å². The van der Waals surface area contributed by atoms with E-state index < -0.39 is 9.84 Å². The van der Waals surface area contributed by atoms with Crippen LogP contribution in [0.4, 0.5) is 11.4 Å². The summed E-state index contributed by atoms with van der Waals surface area (Å²) in [6, 6.07) is 5.17. The number of hydrogen-bond acceptors (Lipinski definition) is 4. The van der Waals surface area contributed by atoms with Crippen molar-refractivity contribution in [2.45, 2.75) is 23.8 Å². The van der Waals surface area contributed by atoms with Crippen LogP contribution in [0.5, 0.6) is 0 Å². The van der Waals surface area contributed by atoms with Gasteiger partial charge in [-0.2, -0.15) is 0 Å². The Morgan fingerprint density at radius 2 is 1.94 bits per heavy atom. The molecule has 0 aliphatic heterocycles. The van der Waals surface area contributed by atoms with Gasteiger partial charge in [-0.1, -0.05) is 12.2 Å². The highest BCUT2D eigenvalue weighted by molar-refractivity contribution is 7.90. The van der Waals surface area contributed by atoms with Gasteiger partial charge in [-0.05, 0) is 31.0 Å². The zero-order valence-electron chi connectivity index (χ0n) is 9.68. The van der Waals surface area contributed by atoms with Gasteiger partial charge in [-0.25, -0.2) is 8.42 Å². The average molecular weight is 252 g/mol. The quantitative estimate of drug-likeness (QED) is 0.635. The summed E-state index contributed by atoms with van der Waals surface area (Å²) >= 11 is 0. The molecule has 0 fully saturated rings. The number of hydrogen-bond donors (Lipinski definition) is 2. The lowest BCUT2D eigenvalue weighted by Crippen LogP contribution is -2.16. The standard InChI is InChI=1S/C12H16N2O2S/c1-17(15,16)10-6-7-12(11(13)8-10)14-9-4-2-3-5-9/h2-3,6-9,14H,4-5,13H2,1H3. The van der Waals surface area contributed by atoms with Crippen LogP contribution in [0.2, 0.25) is 0 Å². The zero-order valence-corrected chi connectivity index (χ0v) is 10.5. The molecule has 2 rings (SSSR count). The van der Waals surface area contributed by atoms with Crippen molar-refractivity contribution in [2.24, 2.45) is 0 Å². The molecule has 0 bridgehead atoms. The van der Waals surface area contributed by atoms with Crippen LogP contribution in [-0.4, -0.2) is 20.7 Å². The van der Waals surface area contributed by atoms with Gasteiger partial charge < -0.3 is 11.1 Å². The number of nitrogens with one attached hydrogen (secondary N) is 1. The molecule has 0 aromatic heterocycles. The number of anilines is 2. The highest BCUT2D eigenvalue weighted by atomic mass is 32.2. The lowest BCUT2D eigenvalue weighted by molar-refractivity contribution is 0.602. The summed E-state index contributed by atoms with van der Waals surface area (Å²) in [5.41, 5.74) is 7.12. The molecule has 0 amide bonds. The second-order valence-corrected chi connectivity index (χ2v) is 6.32. The normalized spacial score (nSPS) is 16.3. The molecular formula is C12H16N2O2S. The molecule has 92 valence electrons. The molecule has 1 aromatic carbocycles. The molecule has 0 heterocycles. The Morgan fingerprint density at radius 3 is 2.47 bits per heavy atom. The van der Waals surface area contributed by atoms with E-state index in [1.54, 1.807) is 12.1 Å². The molecule has 0 saturated heterocycles. The number of nitrogens with two attached hydrogens (primary N) is 1. The number of nitrogen functional groups attached to an aromatic ring is 1. The molecular weight excluding hydrogens is 236 g/mol. The monoisotopic (exact) mass is 252 g/mol. The van der Waals surface area contributed by atoms with Crippen LogP contribution >= 0.6 is 0 Å². The van der Waals surface area contributed by atoms with E-state index in [0.717, 1.165) is 18.5 Å². The van der Waals surface area contributed by atoms with Crippen molar-refractivity contribution in [1.82, 2.24) is 0 Å². The fourth-order valence-corrected chi connectivity index (χ4v) is 2.51. The van der Waals surface area contributed by atoms with Crippen molar-refractivity contribution in [1.29, 1.82) is 0 Å². The predicted octanol–water partition coefficient (Wildman–Crippen LogP) is 1.80. The van der Waals surface area contributed by atoms with Crippen LogP contribution in [0.25, 0.3) is 0 Å². The Labute approximate surface area is 101 Å². The van der Waals surface area contributed by atoms with E-state index in [4.69, 9.17) is 5.73 Å². The summed E-state index contributed by atoms with van der Waals surface area (Å²) < 4.78 is 22.7. The highest BCUT2D eigenvalue weighted by Gasteiger charge is 2.13. The van der Waals surface area contributed by atoms with Gasteiger partial charge in [0.1, 0.15) is 0 Å². The molecule has 0 saturated carbocycles. The van der Waals surface area contributed by atoms with Gasteiger partial charge in [-0.3, -0.25) is 0 Å². The smallest absolute Gasteiger partial charge is 0.175 e. The number of sulfone groups is 1. The zero-order chi connectivity index (χ0) is 12.5. The summed E-state index contributed by atoms with van der Waals surface area (Å²) in [7, 11) is -3.19. The molecule has 0 spiro atoms. The van der Waals surface area contributed by atoms with Gasteiger partial charge in [0, 0.05) is 12.3 Å². The lowest BCUT2D eigenvalue weighted by atomic mass is 10.2. The number of rotatable bonds is 3. The predicted molar refractivity (Wildman–Crippen MR) is 69.7 cm³/mol. The van der Waals surface area contributed by atoms with E-state index in [1.165, 1.54) is 12.3 Å². The summed E-state index contributed by atoms with van der Waals surface area (Å²) in [6.45, 7) is 0. The molecule has 1 aromatic rings. The lowest BCUT2D eigenvalue weighted by Gasteiger charge is -2.15. The van der Waals surface area contributed by atoms with E-state index in [1.807, 2.05) is 0 Å². The van der Waals surface area contributed by atoms with E-state index >= 15 is 0 Å². The molecule has 5 heteroatoms. The van der Waals surface area contributed by atoms with Crippen LogP contribution in [-0.2, 0) is 9.84 Å². The largest absolute Gasteiger partial charge is 0.397 e. The van der Waals surface area contributed by atoms with Crippen molar-refractivity contribution >= 4 is 21.2 Å². The minimum atomic E-state index is -3.19. The van der Waals surface area contributed by atoms with Crippen LogP contribution in [0.3, 0.4) is 0 Å². The van der Waals surface area contributed by atoms with Gasteiger partial charge in [0.25, 0.3) is 0 Å². The Balaban J connectivity index is 2.20. The first kappa shape index (κ1) is 12.0. The van der Waals surface area contributed by atoms with Crippen molar-refractivity contribution in [3.8, 4) is 0 Å². The summed E-state index contributed by atoms with van der Waals surface area (Å²) in [5.74, 6) is 0. The summed E-state index contributed by atoms with van der Waals surface area (Å²) in [4.78, 5) is 0.255. The fourth-order valence-electron chi connectivity index (χ4n) is 1.86. The number of benzene rings is 1. The molecule has 0 atom stereocenters. The Morgan fingerprint density at radius 1 is 1.29 bits per heavy atom. The van der Waals surface area contributed by atoms with Crippen molar-refractivity contribution in [3.63, 3.8) is 0 Å². The first-order chi connectivity index (χ1) is 7.97. The summed E-state index contributed by atoms with van der Waals surface area (Å²) in [6.07, 6.45) is 7.38. The second-order valence-electron chi connectivity index (χ2n) is 4.31. The molecule has 17 heavy (non-hydrogen) atoms. The molecule has 1 aliphatic carbocycles. The van der Waals surface area contributed by atoms with Crippen LogP contribution in [0, 0.1) is 0 Å². The summed E-state index contributed by atoms with van der Waals surface area (Å²) in [5, 5.41) is 3.31. The van der Waals surface area contributed by atoms with Gasteiger partial charge >= 0.3 is 0 Å². The highest BCUT2D eigenvalue weighted by Crippen LogP contribution is 2.25. The Hall–Kier alpha value is -1.49. The molecule has 4 nitrogen and oxygen atoms in total. The molecule has 0 radical (unpaired) electrons. The topological polar surface area (TPSA) is 72.2 Å². The maximum atomic E-state index is 11.4. The van der Waals surface area contributed by atoms with Crippen molar-refractivity contribution in [3.05, 3.63) is 30.4 Å². The third-order valence-electron chi connectivity index (χ3n) is 2.82. The molecule has 1 aliphatic rings. The van der Waals surface area contributed by atoms with Gasteiger partial charge in [0.05, 0.1) is 16.3 Å². The third kappa shape index (κ3) is 2.79. The van der Waals surface area contributed by atoms with E-state index in [9.17, 15) is 8.42 Å². The average Bonchev–Trinajstić information content (AvgIpc) is 2.72. The molecule has 3 N–H and O–H groups in total. The maximum absolute atomic E-state index is 11.4. The maximum Gasteiger partial charge on any atom is 0.175 e. The van der Waals surface area contributed by atoms with E-state index in [0.29, 0.717) is 11.7 Å². The van der Waals surface area contributed by atoms with Crippen molar-refractivity contribution < 1.29 is 8.42 Å². The van der Waals surface area contributed by atoms with Crippen LogP contribution in [0.15, 0.2) is 35.2 Å². The van der Waals surface area contributed by atoms with E-state index in [-0.39, 0.29) is 4.90 Å². The fraction of sp³-hybridized carbons (Fsp3) is 0.333. The molecule has 0 unspecified atom stereocenters. The third-order valence-corrected chi connectivity index (χ3v) is 3.93. The first-order valence-corrected chi connectivity index (χ1v) is 7.37. The van der Waals surface area contributed by atoms with Gasteiger partial charge in [0.2, 0.25) is 0 Å². The van der Waals surface area contributed by atoms with Gasteiger partial charge in [0.15, 0.2) is 9.84 Å². The minimum Gasteiger partial charge on any atom is -0.397 e. The second kappa shape index (κ2) is 4.41. The minimum absolute atomic E-state index is 0.255. The Bertz CT molecular complexity index is 542. The van der Waals surface area contributed by atoms with Crippen LogP contribution < -0.4 is 11.1 Å². The van der Waals surface area contributed by atoms with E-state index in [2.05, 4.69) is 17.5 Å². The van der Waals surface area contributed by atoms with Crippen LogP contribution in [0.1, 0.15) is 12.8 Å². The first-order valence-electron chi connectivity index (χ1n) is 5.48. The SMILES string of the molecule is CS(=O)(=O)c1ccc(NC2CC=CC2)c(N)c1.